The molecule has 0 atom stereocenters. The van der Waals surface area contributed by atoms with E-state index in [2.05, 4.69) is 15.3 Å². The van der Waals surface area contributed by atoms with E-state index in [4.69, 9.17) is 11.6 Å². The van der Waals surface area contributed by atoms with Gasteiger partial charge in [-0.1, -0.05) is 41.6 Å². The van der Waals surface area contributed by atoms with Crippen molar-refractivity contribution < 1.29 is 9.72 Å². The highest BCUT2D eigenvalue weighted by Gasteiger charge is 2.25. The quantitative estimate of drug-likeness (QED) is 0.272. The van der Waals surface area contributed by atoms with Gasteiger partial charge in [-0.25, -0.2) is 9.98 Å². The highest BCUT2D eigenvalue weighted by atomic mass is 35.5. The van der Waals surface area contributed by atoms with E-state index in [0.717, 1.165) is 5.56 Å². The number of pyridine rings is 1. The van der Waals surface area contributed by atoms with Gasteiger partial charge in [-0.3, -0.25) is 14.9 Å². The molecule has 7 nitrogen and oxygen atoms in total. The third-order valence-electron chi connectivity index (χ3n) is 4.44. The summed E-state index contributed by atoms with van der Waals surface area (Å²) in [4.78, 5) is 33.1. The molecule has 0 unspecified atom stereocenters. The van der Waals surface area contributed by atoms with Crippen molar-refractivity contribution in [1.82, 2.24) is 10.3 Å². The summed E-state index contributed by atoms with van der Waals surface area (Å²) >= 11 is 8.51. The van der Waals surface area contributed by atoms with Gasteiger partial charge in [0, 0.05) is 17.3 Å². The Morgan fingerprint density at radius 2 is 2.06 bits per heavy atom. The second kappa shape index (κ2) is 9.56. The smallest absolute Gasteiger partial charge is 0.283 e. The Bertz CT molecular complexity index is 1280. The minimum absolute atomic E-state index is 0.0538. The lowest BCUT2D eigenvalue weighted by Crippen LogP contribution is -2.19. The molecule has 10 heteroatoms. The molecule has 4 rings (SSSR count). The van der Waals surface area contributed by atoms with Gasteiger partial charge in [-0.15, -0.1) is 0 Å². The first-order valence-electron chi connectivity index (χ1n) is 9.33. The van der Waals surface area contributed by atoms with Gasteiger partial charge in [-0.2, -0.15) is 0 Å². The van der Waals surface area contributed by atoms with Crippen LogP contribution in [0.25, 0.3) is 6.08 Å². The van der Waals surface area contributed by atoms with Crippen molar-refractivity contribution >= 4 is 63.7 Å². The number of amides is 1. The fourth-order valence-corrected chi connectivity index (χ4v) is 4.70. The predicted molar refractivity (Wildman–Crippen MR) is 128 cm³/mol. The third kappa shape index (κ3) is 5.01. The molecular formula is C22H15ClN4O3S2. The lowest BCUT2D eigenvalue weighted by Gasteiger charge is -2.04. The first kappa shape index (κ1) is 22.1. The summed E-state index contributed by atoms with van der Waals surface area (Å²) in [6, 6.07) is 15.6. The average Bonchev–Trinajstić information content (AvgIpc) is 3.11. The van der Waals surface area contributed by atoms with Crippen LogP contribution >= 0.6 is 35.1 Å². The topological polar surface area (TPSA) is 97.5 Å². The van der Waals surface area contributed by atoms with Crippen molar-refractivity contribution in [2.24, 2.45) is 4.99 Å². The van der Waals surface area contributed by atoms with Crippen LogP contribution in [0.1, 0.15) is 11.1 Å². The van der Waals surface area contributed by atoms with Crippen LogP contribution in [-0.2, 0) is 4.79 Å². The molecule has 1 saturated heterocycles. The average molecular weight is 483 g/mol. The highest BCUT2D eigenvalue weighted by molar-refractivity contribution is 8.18. The van der Waals surface area contributed by atoms with Crippen LogP contribution in [0.3, 0.4) is 0 Å². The van der Waals surface area contributed by atoms with Crippen LogP contribution in [0, 0.1) is 17.0 Å². The standard InChI is InChI=1S/C22H15ClN4O3S2/c1-13-15(23)5-4-6-16(13)25-22-26-21(28)19(32-22)12-14-8-9-18(17(11-14)27(29)30)31-20-7-2-3-10-24-20/h2-12H,1H3,(H,25,26,28)/b19-12-. The minimum Gasteiger partial charge on any atom is -0.300 e. The summed E-state index contributed by atoms with van der Waals surface area (Å²) in [6.45, 7) is 1.85. The maximum atomic E-state index is 12.4. The Balaban J connectivity index is 1.60. The zero-order chi connectivity index (χ0) is 22.7. The zero-order valence-electron chi connectivity index (χ0n) is 16.6. The van der Waals surface area contributed by atoms with Crippen LogP contribution in [0.4, 0.5) is 11.4 Å². The summed E-state index contributed by atoms with van der Waals surface area (Å²) in [5.41, 5.74) is 1.96. The van der Waals surface area contributed by atoms with Crippen molar-refractivity contribution in [3.63, 3.8) is 0 Å². The number of aromatic nitrogens is 1. The van der Waals surface area contributed by atoms with Gasteiger partial charge < -0.3 is 5.32 Å². The summed E-state index contributed by atoms with van der Waals surface area (Å²) in [5.74, 6) is -0.317. The predicted octanol–water partition coefficient (Wildman–Crippen LogP) is 5.99. The van der Waals surface area contributed by atoms with Gasteiger partial charge in [-0.05, 0) is 66.2 Å². The first-order chi connectivity index (χ1) is 15.4. The number of nitrogens with one attached hydrogen (secondary N) is 1. The van der Waals surface area contributed by atoms with Crippen molar-refractivity contribution in [3.05, 3.63) is 92.0 Å². The van der Waals surface area contributed by atoms with Crippen LogP contribution in [-0.4, -0.2) is 21.0 Å². The lowest BCUT2D eigenvalue weighted by atomic mass is 10.2. The summed E-state index contributed by atoms with van der Waals surface area (Å²) in [7, 11) is 0. The number of nitro benzene ring substituents is 1. The summed E-state index contributed by atoms with van der Waals surface area (Å²) in [6.07, 6.45) is 3.24. The van der Waals surface area contributed by atoms with Gasteiger partial charge >= 0.3 is 0 Å². The van der Waals surface area contributed by atoms with Crippen molar-refractivity contribution in [1.29, 1.82) is 0 Å². The van der Waals surface area contributed by atoms with Gasteiger partial charge in [0.25, 0.3) is 11.6 Å². The van der Waals surface area contributed by atoms with Gasteiger partial charge in [0.2, 0.25) is 0 Å². The Labute approximate surface area is 197 Å². The molecule has 1 aliphatic heterocycles. The highest BCUT2D eigenvalue weighted by Crippen LogP contribution is 2.36. The molecule has 1 fully saturated rings. The normalized spacial score (nSPS) is 15.9. The molecule has 2 heterocycles. The Kier molecular flexibility index (Phi) is 6.59. The van der Waals surface area contributed by atoms with E-state index >= 15 is 0 Å². The molecule has 1 N–H and O–H groups in total. The fraction of sp³-hybridized carbons (Fsp3) is 0.0455. The molecule has 1 aliphatic rings. The molecular weight excluding hydrogens is 468 g/mol. The number of thioether (sulfide) groups is 1. The number of benzene rings is 2. The number of aliphatic imine (C=N–C) groups is 1. The molecule has 0 bridgehead atoms. The van der Waals surface area contributed by atoms with Crippen LogP contribution in [0.5, 0.6) is 0 Å². The monoisotopic (exact) mass is 482 g/mol. The van der Waals surface area contributed by atoms with Crippen LogP contribution < -0.4 is 5.32 Å². The molecule has 1 aromatic heterocycles. The Morgan fingerprint density at radius 1 is 1.22 bits per heavy atom. The lowest BCUT2D eigenvalue weighted by molar-refractivity contribution is -0.387. The number of nitro groups is 1. The number of hydrogen-bond donors (Lipinski definition) is 1. The number of nitrogens with zero attached hydrogens (tertiary/aromatic N) is 3. The first-order valence-corrected chi connectivity index (χ1v) is 11.3. The number of rotatable bonds is 5. The molecule has 160 valence electrons. The number of hydrogen-bond acceptors (Lipinski definition) is 7. The number of carbonyl (C=O) groups excluding carboxylic acids is 1. The van der Waals surface area contributed by atoms with Crippen LogP contribution in [0.2, 0.25) is 5.02 Å². The Hall–Kier alpha value is -3.14. The SMILES string of the molecule is Cc1c(Cl)cccc1N=C1NC(=O)/C(=C/c2ccc(Sc3ccccn3)c([N+](=O)[O-])c2)S1. The number of carbonyl (C=O) groups is 1. The van der Waals surface area contributed by atoms with E-state index in [-0.39, 0.29) is 11.6 Å². The molecule has 0 saturated carbocycles. The van der Waals surface area contributed by atoms with Gasteiger partial charge in [0.1, 0.15) is 5.03 Å². The summed E-state index contributed by atoms with van der Waals surface area (Å²) in [5, 5.41) is 16.0. The summed E-state index contributed by atoms with van der Waals surface area (Å²) < 4.78 is 0. The molecule has 1 amide bonds. The van der Waals surface area contributed by atoms with E-state index in [0.29, 0.717) is 36.3 Å². The van der Waals surface area contributed by atoms with E-state index < -0.39 is 4.92 Å². The van der Waals surface area contributed by atoms with Crippen molar-refractivity contribution in [3.8, 4) is 0 Å². The van der Waals surface area contributed by atoms with E-state index in [1.54, 1.807) is 48.7 Å². The van der Waals surface area contributed by atoms with E-state index in [1.807, 2.05) is 19.1 Å². The van der Waals surface area contributed by atoms with Crippen molar-refractivity contribution in [2.45, 2.75) is 16.8 Å². The van der Waals surface area contributed by atoms with Crippen molar-refractivity contribution in [2.75, 3.05) is 0 Å². The van der Waals surface area contributed by atoms with E-state index in [1.165, 1.54) is 29.6 Å². The maximum absolute atomic E-state index is 12.4. The number of amidine groups is 1. The fourth-order valence-electron chi connectivity index (χ4n) is 2.83. The third-order valence-corrected chi connectivity index (χ3v) is 6.78. The molecule has 0 spiro atoms. The molecule has 2 aromatic carbocycles. The molecule has 32 heavy (non-hydrogen) atoms. The second-order valence-electron chi connectivity index (χ2n) is 6.62. The zero-order valence-corrected chi connectivity index (χ0v) is 19.0. The van der Waals surface area contributed by atoms with E-state index in [9.17, 15) is 14.9 Å². The minimum atomic E-state index is -0.441. The van der Waals surface area contributed by atoms with Crippen LogP contribution in [0.15, 0.2) is 80.6 Å². The van der Waals surface area contributed by atoms with Gasteiger partial charge in [0.05, 0.1) is 20.4 Å². The largest absolute Gasteiger partial charge is 0.300 e. The van der Waals surface area contributed by atoms with Gasteiger partial charge in [0.15, 0.2) is 5.17 Å². The second-order valence-corrected chi connectivity index (χ2v) is 9.12. The maximum Gasteiger partial charge on any atom is 0.283 e. The molecule has 0 radical (unpaired) electrons. The molecule has 0 aliphatic carbocycles. The number of halogens is 1. The molecule has 3 aromatic rings. The Morgan fingerprint density at radius 3 is 2.81 bits per heavy atom.